The van der Waals surface area contributed by atoms with Crippen LogP contribution in [0.15, 0.2) is 6.20 Å². The van der Waals surface area contributed by atoms with Crippen LogP contribution in [0.2, 0.25) is 0 Å². The normalized spacial score (nSPS) is 31.8. The van der Waals surface area contributed by atoms with Gasteiger partial charge in [0.05, 0.1) is 23.7 Å². The molecule has 3 nitrogen and oxygen atoms in total. The van der Waals surface area contributed by atoms with Crippen molar-refractivity contribution in [1.82, 2.24) is 9.97 Å². The molecule has 1 aliphatic rings. The molecule has 3 atom stereocenters. The number of nitrogens with one attached hydrogen (secondary N) is 1. The number of aliphatic hydroxyl groups is 1. The van der Waals surface area contributed by atoms with Crippen LogP contribution in [0.3, 0.4) is 0 Å². The van der Waals surface area contributed by atoms with E-state index in [0.29, 0.717) is 10.5 Å². The zero-order valence-electron chi connectivity index (χ0n) is 8.93. The topological polar surface area (TPSA) is 48.9 Å². The summed E-state index contributed by atoms with van der Waals surface area (Å²) in [4.78, 5) is 7.49. The van der Waals surface area contributed by atoms with Crippen LogP contribution in [0.4, 0.5) is 0 Å². The van der Waals surface area contributed by atoms with Crippen LogP contribution in [0.25, 0.3) is 0 Å². The Kier molecular flexibility index (Phi) is 3.64. The lowest BCUT2D eigenvalue weighted by Gasteiger charge is -2.30. The molecule has 1 aliphatic heterocycles. The number of rotatable bonds is 2. The number of thioether (sulfide) groups is 2. The fraction of sp³-hybridized carbons (Fsp3) is 0.700. The number of nitrogens with zero attached hydrogens (tertiary/aromatic N) is 1. The molecule has 15 heavy (non-hydrogen) atoms. The molecule has 2 heterocycles. The van der Waals surface area contributed by atoms with E-state index >= 15 is 0 Å². The highest BCUT2D eigenvalue weighted by Crippen LogP contribution is 2.43. The van der Waals surface area contributed by atoms with Crippen LogP contribution in [-0.4, -0.2) is 31.3 Å². The number of imidazole rings is 1. The summed E-state index contributed by atoms with van der Waals surface area (Å²) >= 11 is 3.98. The van der Waals surface area contributed by atoms with E-state index in [9.17, 15) is 0 Å². The van der Waals surface area contributed by atoms with E-state index < -0.39 is 0 Å². The first kappa shape index (κ1) is 11.4. The molecule has 0 radical (unpaired) electrons. The van der Waals surface area contributed by atoms with Crippen LogP contribution in [0, 0.1) is 0 Å². The molecule has 1 fully saturated rings. The minimum atomic E-state index is 0.0451. The second-order valence-electron chi connectivity index (χ2n) is 3.82. The molecule has 0 aromatic carbocycles. The Morgan fingerprint density at radius 1 is 1.53 bits per heavy atom. The standard InChI is InChI=1S/C10H16N2OS2/c1-6-7(2)15-9(5-14-6)10-11-3-8(4-13)12-10/h3,6-7,9,13H,4-5H2,1-2H3,(H,11,12). The van der Waals surface area contributed by atoms with Gasteiger partial charge in [-0.1, -0.05) is 13.8 Å². The summed E-state index contributed by atoms with van der Waals surface area (Å²) in [5.41, 5.74) is 0.807. The van der Waals surface area contributed by atoms with Crippen molar-refractivity contribution in [2.75, 3.05) is 5.75 Å². The van der Waals surface area contributed by atoms with Crippen LogP contribution in [0.1, 0.15) is 30.6 Å². The SMILES string of the molecule is CC1SCC(c2ncc(CO)[nH]2)SC1C. The minimum Gasteiger partial charge on any atom is -0.390 e. The highest BCUT2D eigenvalue weighted by Gasteiger charge is 2.28. The van der Waals surface area contributed by atoms with E-state index in [4.69, 9.17) is 5.11 Å². The van der Waals surface area contributed by atoms with Crippen LogP contribution in [-0.2, 0) is 6.61 Å². The Bertz CT molecular complexity index is 329. The Morgan fingerprint density at radius 3 is 2.93 bits per heavy atom. The molecule has 1 aromatic heterocycles. The average molecular weight is 244 g/mol. The Morgan fingerprint density at radius 2 is 2.33 bits per heavy atom. The van der Waals surface area contributed by atoms with Crippen molar-refractivity contribution in [2.45, 2.75) is 36.2 Å². The van der Waals surface area contributed by atoms with Gasteiger partial charge in [-0.2, -0.15) is 11.8 Å². The summed E-state index contributed by atoms with van der Waals surface area (Å²) in [6.45, 7) is 4.59. The molecular weight excluding hydrogens is 228 g/mol. The molecular formula is C10H16N2OS2. The van der Waals surface area contributed by atoms with Crippen molar-refractivity contribution in [3.8, 4) is 0 Å². The summed E-state index contributed by atoms with van der Waals surface area (Å²) < 4.78 is 0. The Labute approximate surface area is 98.4 Å². The summed E-state index contributed by atoms with van der Waals surface area (Å²) in [5.74, 6) is 2.12. The monoisotopic (exact) mass is 244 g/mol. The van der Waals surface area contributed by atoms with Gasteiger partial charge in [0, 0.05) is 16.3 Å². The molecule has 2 N–H and O–H groups in total. The third kappa shape index (κ3) is 2.52. The Balaban J connectivity index is 2.05. The molecule has 0 bridgehead atoms. The second-order valence-corrected chi connectivity index (χ2v) is 6.82. The highest BCUT2D eigenvalue weighted by molar-refractivity contribution is 8.07. The number of hydrogen-bond donors (Lipinski definition) is 2. The number of aromatic nitrogens is 2. The highest BCUT2D eigenvalue weighted by atomic mass is 32.2. The van der Waals surface area contributed by atoms with Gasteiger partial charge in [-0.15, -0.1) is 11.8 Å². The van der Waals surface area contributed by atoms with E-state index in [-0.39, 0.29) is 6.61 Å². The van der Waals surface area contributed by atoms with Gasteiger partial charge in [0.15, 0.2) is 0 Å². The van der Waals surface area contributed by atoms with Crippen molar-refractivity contribution in [2.24, 2.45) is 0 Å². The predicted molar refractivity (Wildman–Crippen MR) is 66.2 cm³/mol. The van der Waals surface area contributed by atoms with E-state index in [1.54, 1.807) is 6.20 Å². The van der Waals surface area contributed by atoms with Gasteiger partial charge in [0.25, 0.3) is 0 Å². The van der Waals surface area contributed by atoms with Gasteiger partial charge >= 0.3 is 0 Å². The maximum absolute atomic E-state index is 8.96. The number of hydrogen-bond acceptors (Lipinski definition) is 4. The predicted octanol–water partition coefficient (Wildman–Crippen LogP) is 2.20. The number of H-pyrrole nitrogens is 1. The van der Waals surface area contributed by atoms with E-state index in [0.717, 1.165) is 22.5 Å². The van der Waals surface area contributed by atoms with Crippen molar-refractivity contribution < 1.29 is 5.11 Å². The molecule has 3 unspecified atom stereocenters. The first-order valence-electron chi connectivity index (χ1n) is 5.12. The van der Waals surface area contributed by atoms with Crippen molar-refractivity contribution in [3.63, 3.8) is 0 Å². The summed E-state index contributed by atoms with van der Waals surface area (Å²) in [7, 11) is 0. The molecule has 0 spiro atoms. The fourth-order valence-electron chi connectivity index (χ4n) is 1.55. The lowest BCUT2D eigenvalue weighted by molar-refractivity contribution is 0.277. The zero-order valence-corrected chi connectivity index (χ0v) is 10.6. The molecule has 1 saturated heterocycles. The lowest BCUT2D eigenvalue weighted by atomic mass is 10.3. The second kappa shape index (κ2) is 4.80. The fourth-order valence-corrected chi connectivity index (χ4v) is 4.42. The van der Waals surface area contributed by atoms with E-state index in [1.165, 1.54) is 0 Å². The molecule has 0 amide bonds. The zero-order chi connectivity index (χ0) is 10.8. The van der Waals surface area contributed by atoms with Gasteiger partial charge in [0.1, 0.15) is 5.82 Å². The quantitative estimate of drug-likeness (QED) is 0.837. The average Bonchev–Trinajstić information content (AvgIpc) is 2.70. The third-order valence-electron chi connectivity index (χ3n) is 2.67. The first-order chi connectivity index (χ1) is 7.20. The van der Waals surface area contributed by atoms with Gasteiger partial charge in [-0.25, -0.2) is 4.98 Å². The molecule has 5 heteroatoms. The number of aliphatic hydroxyl groups excluding tert-OH is 1. The largest absolute Gasteiger partial charge is 0.390 e. The van der Waals surface area contributed by atoms with Gasteiger partial charge < -0.3 is 10.1 Å². The third-order valence-corrected chi connectivity index (χ3v) is 6.07. The van der Waals surface area contributed by atoms with E-state index in [2.05, 4.69) is 23.8 Å². The molecule has 0 saturated carbocycles. The van der Waals surface area contributed by atoms with Gasteiger partial charge in [-0.3, -0.25) is 0 Å². The summed E-state index contributed by atoms with van der Waals surface area (Å²) in [6.07, 6.45) is 1.73. The minimum absolute atomic E-state index is 0.0451. The first-order valence-corrected chi connectivity index (χ1v) is 7.11. The summed E-state index contributed by atoms with van der Waals surface area (Å²) in [5, 5.41) is 10.8. The molecule has 84 valence electrons. The Hall–Kier alpha value is -0.130. The lowest BCUT2D eigenvalue weighted by Crippen LogP contribution is -2.22. The molecule has 0 aliphatic carbocycles. The van der Waals surface area contributed by atoms with Crippen LogP contribution < -0.4 is 0 Å². The summed E-state index contributed by atoms with van der Waals surface area (Å²) in [6, 6.07) is 0. The molecule has 2 rings (SSSR count). The van der Waals surface area contributed by atoms with Gasteiger partial charge in [-0.05, 0) is 0 Å². The van der Waals surface area contributed by atoms with Crippen molar-refractivity contribution in [1.29, 1.82) is 0 Å². The van der Waals surface area contributed by atoms with E-state index in [1.807, 2.05) is 23.5 Å². The maximum Gasteiger partial charge on any atom is 0.120 e. The van der Waals surface area contributed by atoms with Crippen LogP contribution >= 0.6 is 23.5 Å². The van der Waals surface area contributed by atoms with Crippen LogP contribution in [0.5, 0.6) is 0 Å². The number of aromatic amines is 1. The smallest absolute Gasteiger partial charge is 0.120 e. The van der Waals surface area contributed by atoms with Crippen molar-refractivity contribution in [3.05, 3.63) is 17.7 Å². The maximum atomic E-state index is 8.96. The van der Waals surface area contributed by atoms with Gasteiger partial charge in [0.2, 0.25) is 0 Å². The molecule has 1 aromatic rings. The van der Waals surface area contributed by atoms with Crippen molar-refractivity contribution >= 4 is 23.5 Å².